The Balaban J connectivity index is 3.81. The molecule has 0 bridgehead atoms. The highest BCUT2D eigenvalue weighted by Crippen LogP contribution is 2.04. The first-order chi connectivity index (χ1) is 11.7. The van der Waals surface area contributed by atoms with Gasteiger partial charge in [0.15, 0.2) is 0 Å². The van der Waals surface area contributed by atoms with Gasteiger partial charge in [-0.25, -0.2) is 4.89 Å². The third-order valence-corrected chi connectivity index (χ3v) is 3.41. The van der Waals surface area contributed by atoms with Gasteiger partial charge in [0.25, 0.3) is 0 Å². The molecule has 24 heavy (non-hydrogen) atoms. The minimum absolute atomic E-state index is 0.0714. The van der Waals surface area contributed by atoms with E-state index in [1.54, 1.807) is 6.08 Å². The molecule has 0 aromatic rings. The van der Waals surface area contributed by atoms with Gasteiger partial charge >= 0.3 is 0 Å². The number of carbonyl (C=O) groups excluding carboxylic acids is 1. The lowest BCUT2D eigenvalue weighted by Crippen LogP contribution is -2.21. The molecule has 0 aromatic carbocycles. The molecule has 0 saturated heterocycles. The molecule has 0 aromatic heterocycles. The second kappa shape index (κ2) is 17.7. The Kier molecular flexibility index (Phi) is 16.5. The molecule has 0 amide bonds. The molecular weight excluding hydrogens is 304 g/mol. The van der Waals surface area contributed by atoms with Crippen molar-refractivity contribution in [3.8, 4) is 0 Å². The van der Waals surface area contributed by atoms with Gasteiger partial charge in [0.1, 0.15) is 6.10 Å². The van der Waals surface area contributed by atoms with E-state index in [0.717, 1.165) is 12.8 Å². The molecule has 0 radical (unpaired) electrons. The molecule has 136 valence electrons. The standard InChI is InChI=1S/C20H32O4/c1-2-3-4-5-6-7-8-9-10-13-16-19(24-23)17-14-11-12-15-18-20(21)22/h6-7,9-11,13-14,16,19,23H,2-5,8,12,15,17-18H2,1H3,(H,21,22)/p-1/b7-6-,10-9-,14-11-,16-13+/t19-/m1/s1. The largest absolute Gasteiger partial charge is 0.550 e. The lowest BCUT2D eigenvalue weighted by Gasteiger charge is -2.04. The quantitative estimate of drug-likeness (QED) is 0.159. The van der Waals surface area contributed by atoms with Gasteiger partial charge in [0.05, 0.1) is 0 Å². The number of hydrogen-bond donors (Lipinski definition) is 1. The van der Waals surface area contributed by atoms with E-state index < -0.39 is 12.1 Å². The van der Waals surface area contributed by atoms with E-state index >= 15 is 0 Å². The maximum absolute atomic E-state index is 10.3. The van der Waals surface area contributed by atoms with Gasteiger partial charge < -0.3 is 9.90 Å². The van der Waals surface area contributed by atoms with E-state index in [-0.39, 0.29) is 6.42 Å². The zero-order valence-electron chi connectivity index (χ0n) is 14.7. The average Bonchev–Trinajstić information content (AvgIpc) is 2.57. The Morgan fingerprint density at radius 3 is 2.50 bits per heavy atom. The van der Waals surface area contributed by atoms with Crippen LogP contribution in [-0.4, -0.2) is 17.3 Å². The van der Waals surface area contributed by atoms with Crippen molar-refractivity contribution in [2.24, 2.45) is 0 Å². The molecule has 4 heteroatoms. The van der Waals surface area contributed by atoms with E-state index in [1.807, 2.05) is 24.3 Å². The number of allylic oxidation sites excluding steroid dienone is 6. The maximum atomic E-state index is 10.3. The van der Waals surface area contributed by atoms with Gasteiger partial charge in [0, 0.05) is 5.97 Å². The molecule has 4 nitrogen and oxygen atoms in total. The van der Waals surface area contributed by atoms with Crippen LogP contribution in [-0.2, 0) is 9.68 Å². The predicted octanol–water partition coefficient (Wildman–Crippen LogP) is 4.35. The highest BCUT2D eigenvalue weighted by atomic mass is 17.1. The summed E-state index contributed by atoms with van der Waals surface area (Å²) in [6.45, 7) is 2.20. The fourth-order valence-corrected chi connectivity index (χ4v) is 2.02. The number of rotatable bonds is 15. The van der Waals surface area contributed by atoms with Crippen molar-refractivity contribution < 1.29 is 20.0 Å². The summed E-state index contributed by atoms with van der Waals surface area (Å²) in [5.74, 6) is -1.02. The fraction of sp³-hybridized carbons (Fsp3) is 0.550. The first-order valence-electron chi connectivity index (χ1n) is 8.84. The summed E-state index contributed by atoms with van der Waals surface area (Å²) in [4.78, 5) is 14.6. The average molecular weight is 335 g/mol. The molecule has 0 saturated carbocycles. The maximum Gasteiger partial charge on any atom is 0.115 e. The van der Waals surface area contributed by atoms with Gasteiger partial charge in [-0.3, -0.25) is 5.26 Å². The number of aliphatic carboxylic acids is 1. The zero-order chi connectivity index (χ0) is 17.9. The Hall–Kier alpha value is -1.65. The van der Waals surface area contributed by atoms with Crippen molar-refractivity contribution in [2.75, 3.05) is 0 Å². The molecule has 0 fully saturated rings. The van der Waals surface area contributed by atoms with Crippen molar-refractivity contribution in [3.63, 3.8) is 0 Å². The number of carboxylic acid groups (broad SMARTS) is 1. The summed E-state index contributed by atoms with van der Waals surface area (Å²) in [6, 6.07) is 0. The minimum Gasteiger partial charge on any atom is -0.550 e. The Labute approximate surface area is 146 Å². The number of hydrogen-bond acceptors (Lipinski definition) is 4. The molecule has 0 rings (SSSR count). The zero-order valence-corrected chi connectivity index (χ0v) is 14.7. The smallest absolute Gasteiger partial charge is 0.115 e. The Bertz CT molecular complexity index is 408. The SMILES string of the molecule is CCCCC/C=C\C/C=C\C=C\[C@H](C/C=C\CCCC(=O)[O-])OO. The third-order valence-electron chi connectivity index (χ3n) is 3.41. The van der Waals surface area contributed by atoms with E-state index in [9.17, 15) is 9.90 Å². The highest BCUT2D eigenvalue weighted by Gasteiger charge is 1.99. The molecule has 0 aliphatic heterocycles. The van der Waals surface area contributed by atoms with Crippen LogP contribution in [0.25, 0.3) is 0 Å². The van der Waals surface area contributed by atoms with Crippen LogP contribution in [0.2, 0.25) is 0 Å². The topological polar surface area (TPSA) is 69.6 Å². The molecule has 0 aliphatic carbocycles. The van der Waals surface area contributed by atoms with Crippen LogP contribution in [0.5, 0.6) is 0 Å². The molecule has 0 spiro atoms. The van der Waals surface area contributed by atoms with E-state index in [2.05, 4.69) is 30.0 Å². The van der Waals surface area contributed by atoms with Crippen LogP contribution in [0.4, 0.5) is 0 Å². The lowest BCUT2D eigenvalue weighted by atomic mass is 10.1. The second-order valence-corrected chi connectivity index (χ2v) is 5.63. The molecule has 0 aliphatic rings. The van der Waals surface area contributed by atoms with Gasteiger partial charge in [0.2, 0.25) is 0 Å². The summed E-state index contributed by atoms with van der Waals surface area (Å²) in [5, 5.41) is 19.1. The Morgan fingerprint density at radius 2 is 1.79 bits per heavy atom. The second-order valence-electron chi connectivity index (χ2n) is 5.63. The van der Waals surface area contributed by atoms with Crippen LogP contribution in [0.3, 0.4) is 0 Å². The van der Waals surface area contributed by atoms with E-state index in [4.69, 9.17) is 5.26 Å². The number of carbonyl (C=O) groups is 1. The number of unbranched alkanes of at least 4 members (excludes halogenated alkanes) is 4. The molecule has 1 atom stereocenters. The molecule has 0 unspecified atom stereocenters. The van der Waals surface area contributed by atoms with Crippen LogP contribution in [0.1, 0.15) is 64.7 Å². The van der Waals surface area contributed by atoms with Crippen molar-refractivity contribution in [1.82, 2.24) is 0 Å². The van der Waals surface area contributed by atoms with Crippen LogP contribution < -0.4 is 5.11 Å². The van der Waals surface area contributed by atoms with Crippen LogP contribution in [0, 0.1) is 0 Å². The fourth-order valence-electron chi connectivity index (χ4n) is 2.02. The van der Waals surface area contributed by atoms with Crippen molar-refractivity contribution in [2.45, 2.75) is 70.8 Å². The lowest BCUT2D eigenvalue weighted by molar-refractivity contribution is -0.305. The first-order valence-corrected chi connectivity index (χ1v) is 8.84. The summed E-state index contributed by atoms with van der Waals surface area (Å²) >= 11 is 0. The summed E-state index contributed by atoms with van der Waals surface area (Å²) < 4.78 is 0. The molecule has 0 heterocycles. The van der Waals surface area contributed by atoms with Gasteiger partial charge in [-0.2, -0.15) is 0 Å². The van der Waals surface area contributed by atoms with Crippen LogP contribution >= 0.6 is 0 Å². The van der Waals surface area contributed by atoms with Gasteiger partial charge in [-0.1, -0.05) is 68.4 Å². The monoisotopic (exact) mass is 335 g/mol. The predicted molar refractivity (Wildman–Crippen MR) is 96.3 cm³/mol. The van der Waals surface area contributed by atoms with E-state index in [0.29, 0.717) is 19.3 Å². The first kappa shape index (κ1) is 22.4. The highest BCUT2D eigenvalue weighted by molar-refractivity contribution is 5.64. The van der Waals surface area contributed by atoms with Gasteiger partial charge in [-0.15, -0.1) is 0 Å². The summed E-state index contributed by atoms with van der Waals surface area (Å²) in [6.07, 6.45) is 23.1. The van der Waals surface area contributed by atoms with Crippen molar-refractivity contribution in [3.05, 3.63) is 48.6 Å². The van der Waals surface area contributed by atoms with E-state index in [1.165, 1.54) is 19.3 Å². The normalized spacial score (nSPS) is 13.8. The van der Waals surface area contributed by atoms with Gasteiger partial charge in [-0.05, 0) is 44.9 Å². The number of carboxylic acids is 1. The van der Waals surface area contributed by atoms with Crippen molar-refractivity contribution in [1.29, 1.82) is 0 Å². The molecular formula is C20H31O4-. The Morgan fingerprint density at radius 1 is 1.04 bits per heavy atom. The summed E-state index contributed by atoms with van der Waals surface area (Å²) in [7, 11) is 0. The van der Waals surface area contributed by atoms with Crippen LogP contribution in [0.15, 0.2) is 48.6 Å². The molecule has 1 N–H and O–H groups in total. The van der Waals surface area contributed by atoms with Crippen molar-refractivity contribution >= 4 is 5.97 Å². The summed E-state index contributed by atoms with van der Waals surface area (Å²) in [5.41, 5.74) is 0. The third kappa shape index (κ3) is 16.7. The minimum atomic E-state index is -1.02.